The van der Waals surface area contributed by atoms with Crippen molar-refractivity contribution in [1.82, 2.24) is 19.9 Å². The first-order chi connectivity index (χ1) is 14.6. The monoisotopic (exact) mass is 441 g/mol. The van der Waals surface area contributed by atoms with E-state index < -0.39 is 0 Å². The summed E-state index contributed by atoms with van der Waals surface area (Å²) in [5.41, 5.74) is 9.16. The molecule has 0 fully saturated rings. The summed E-state index contributed by atoms with van der Waals surface area (Å²) in [7, 11) is 0. The first-order valence-corrected chi connectivity index (χ1v) is 10.3. The number of nitrogen functional groups attached to an aromatic ring is 1. The molecule has 0 aliphatic heterocycles. The van der Waals surface area contributed by atoms with Crippen molar-refractivity contribution < 1.29 is 0 Å². The zero-order valence-corrected chi connectivity index (χ0v) is 17.6. The van der Waals surface area contributed by atoms with E-state index in [1.807, 2.05) is 30.5 Å². The van der Waals surface area contributed by atoms with Gasteiger partial charge >= 0.3 is 0 Å². The predicted molar refractivity (Wildman–Crippen MR) is 123 cm³/mol. The number of nitrogens with zero attached hydrogens (tertiary/aromatic N) is 3. The van der Waals surface area contributed by atoms with Crippen molar-refractivity contribution >= 4 is 51.9 Å². The van der Waals surface area contributed by atoms with Crippen molar-refractivity contribution in [2.75, 3.05) is 29.5 Å². The Kier molecular flexibility index (Phi) is 6.21. The van der Waals surface area contributed by atoms with E-state index in [2.05, 4.69) is 42.7 Å². The van der Waals surface area contributed by atoms with Crippen LogP contribution in [0.4, 0.5) is 17.8 Å². The molecule has 5 N–H and O–H groups in total. The summed E-state index contributed by atoms with van der Waals surface area (Å²) in [6.07, 6.45) is 3.53. The van der Waals surface area contributed by atoms with E-state index in [4.69, 9.17) is 28.9 Å². The van der Waals surface area contributed by atoms with Crippen LogP contribution >= 0.6 is 23.2 Å². The van der Waals surface area contributed by atoms with Crippen LogP contribution in [-0.2, 0) is 12.8 Å². The lowest BCUT2D eigenvalue weighted by Gasteiger charge is -2.10. The van der Waals surface area contributed by atoms with Gasteiger partial charge < -0.3 is 21.4 Å². The van der Waals surface area contributed by atoms with Crippen LogP contribution in [0.2, 0.25) is 10.0 Å². The van der Waals surface area contributed by atoms with Gasteiger partial charge in [-0.05, 0) is 36.1 Å². The van der Waals surface area contributed by atoms with Crippen molar-refractivity contribution in [2.45, 2.75) is 12.8 Å². The summed E-state index contributed by atoms with van der Waals surface area (Å²) in [6, 6.07) is 13.8. The van der Waals surface area contributed by atoms with E-state index in [0.29, 0.717) is 41.5 Å². The van der Waals surface area contributed by atoms with Crippen molar-refractivity contribution in [3.8, 4) is 0 Å². The van der Waals surface area contributed by atoms with Crippen LogP contribution in [0.25, 0.3) is 10.9 Å². The van der Waals surface area contributed by atoms with Crippen molar-refractivity contribution in [1.29, 1.82) is 0 Å². The Morgan fingerprint density at radius 3 is 2.30 bits per heavy atom. The highest BCUT2D eigenvalue weighted by molar-refractivity contribution is 6.42. The molecule has 7 nitrogen and oxygen atoms in total. The third kappa shape index (κ3) is 4.75. The number of halogens is 2. The summed E-state index contributed by atoms with van der Waals surface area (Å²) >= 11 is 12.3. The minimum atomic E-state index is 0.155. The normalized spacial score (nSPS) is 11.0. The molecule has 0 radical (unpaired) electrons. The molecule has 0 unspecified atom stereocenters. The van der Waals surface area contributed by atoms with E-state index in [0.717, 1.165) is 17.5 Å². The molecule has 30 heavy (non-hydrogen) atoms. The number of fused-ring (bicyclic) bond motifs is 1. The van der Waals surface area contributed by atoms with Crippen LogP contribution in [0.1, 0.15) is 11.1 Å². The lowest BCUT2D eigenvalue weighted by molar-refractivity contribution is 0.947. The average molecular weight is 442 g/mol. The van der Waals surface area contributed by atoms with Gasteiger partial charge in [0.1, 0.15) is 0 Å². The number of para-hydroxylation sites is 1. The average Bonchev–Trinajstić information content (AvgIpc) is 3.14. The molecule has 2 aromatic heterocycles. The maximum atomic E-state index is 6.23. The van der Waals surface area contributed by atoms with Gasteiger partial charge in [0.2, 0.25) is 17.8 Å². The Hall–Kier alpha value is -3.03. The Morgan fingerprint density at radius 2 is 1.53 bits per heavy atom. The topological polar surface area (TPSA) is 105 Å². The Balaban J connectivity index is 1.34. The van der Waals surface area contributed by atoms with Crippen LogP contribution in [0, 0.1) is 0 Å². The van der Waals surface area contributed by atoms with Gasteiger partial charge in [-0.3, -0.25) is 0 Å². The fourth-order valence-corrected chi connectivity index (χ4v) is 3.66. The molecule has 154 valence electrons. The molecular weight excluding hydrogens is 421 g/mol. The van der Waals surface area contributed by atoms with Gasteiger partial charge in [0.05, 0.1) is 10.0 Å². The zero-order chi connectivity index (χ0) is 20.9. The van der Waals surface area contributed by atoms with Crippen molar-refractivity contribution in [3.05, 3.63) is 69.8 Å². The summed E-state index contributed by atoms with van der Waals surface area (Å²) in [5, 5.41) is 8.71. The zero-order valence-electron chi connectivity index (χ0n) is 16.1. The number of H-pyrrole nitrogens is 1. The highest BCUT2D eigenvalue weighted by Gasteiger charge is 2.08. The molecule has 0 spiro atoms. The van der Waals surface area contributed by atoms with Gasteiger partial charge in [0.25, 0.3) is 0 Å². The SMILES string of the molecule is Nc1nc(NCCc2cccc(Cl)c2Cl)nc(NCCc2c[nH]c3ccccc23)n1. The van der Waals surface area contributed by atoms with Crippen molar-refractivity contribution in [3.63, 3.8) is 0 Å². The Morgan fingerprint density at radius 1 is 0.833 bits per heavy atom. The molecule has 0 atom stereocenters. The van der Waals surface area contributed by atoms with Gasteiger partial charge in [-0.1, -0.05) is 53.5 Å². The van der Waals surface area contributed by atoms with Crippen LogP contribution in [0.3, 0.4) is 0 Å². The van der Waals surface area contributed by atoms with Gasteiger partial charge in [-0.15, -0.1) is 0 Å². The lowest BCUT2D eigenvalue weighted by atomic mass is 10.1. The highest BCUT2D eigenvalue weighted by atomic mass is 35.5. The van der Waals surface area contributed by atoms with Crippen molar-refractivity contribution in [2.24, 2.45) is 0 Å². The number of aromatic nitrogens is 4. The second-order valence-corrected chi connectivity index (χ2v) is 7.55. The molecule has 0 saturated carbocycles. The standard InChI is InChI=1S/C21H21Cl2N7/c22-16-6-3-4-13(18(16)23)8-10-25-20-28-19(24)29-21(30-20)26-11-9-14-12-27-17-7-2-1-5-15(14)17/h1-7,12,27H,8-11H2,(H4,24,25,26,28,29,30). The third-order valence-corrected chi connectivity index (χ3v) is 5.57. The number of anilines is 3. The minimum absolute atomic E-state index is 0.155. The fraction of sp³-hybridized carbons (Fsp3) is 0.190. The third-order valence-electron chi connectivity index (χ3n) is 4.71. The molecule has 2 heterocycles. The maximum absolute atomic E-state index is 6.23. The smallest absolute Gasteiger partial charge is 0.229 e. The fourth-order valence-electron chi connectivity index (χ4n) is 3.25. The van der Waals surface area contributed by atoms with Crippen LogP contribution in [0.15, 0.2) is 48.7 Å². The number of nitrogens with two attached hydrogens (primary N) is 1. The second kappa shape index (κ2) is 9.19. The van der Waals surface area contributed by atoms with E-state index in [9.17, 15) is 0 Å². The molecule has 0 saturated heterocycles. The predicted octanol–water partition coefficient (Wildman–Crippen LogP) is 4.55. The molecular formula is C21H21Cl2N7. The molecule has 2 aromatic carbocycles. The largest absolute Gasteiger partial charge is 0.368 e. The highest BCUT2D eigenvalue weighted by Crippen LogP contribution is 2.25. The minimum Gasteiger partial charge on any atom is -0.368 e. The van der Waals surface area contributed by atoms with E-state index >= 15 is 0 Å². The van der Waals surface area contributed by atoms with Gasteiger partial charge in [-0.25, -0.2) is 0 Å². The number of nitrogens with one attached hydrogen (secondary N) is 3. The molecule has 0 aliphatic rings. The number of hydrogen-bond acceptors (Lipinski definition) is 6. The van der Waals surface area contributed by atoms with Gasteiger partial charge in [-0.2, -0.15) is 15.0 Å². The Labute approximate surface area is 184 Å². The molecule has 9 heteroatoms. The lowest BCUT2D eigenvalue weighted by Crippen LogP contribution is -2.14. The first kappa shape index (κ1) is 20.3. The second-order valence-electron chi connectivity index (χ2n) is 6.77. The summed E-state index contributed by atoms with van der Waals surface area (Å²) in [6.45, 7) is 1.25. The van der Waals surface area contributed by atoms with E-state index in [-0.39, 0.29) is 5.95 Å². The number of rotatable bonds is 8. The summed E-state index contributed by atoms with van der Waals surface area (Å²) in [5.74, 6) is 1.00. The number of benzene rings is 2. The molecule has 0 amide bonds. The van der Waals surface area contributed by atoms with Crippen LogP contribution in [-0.4, -0.2) is 33.0 Å². The van der Waals surface area contributed by atoms with Crippen LogP contribution in [0.5, 0.6) is 0 Å². The summed E-state index contributed by atoms with van der Waals surface area (Å²) < 4.78 is 0. The van der Waals surface area contributed by atoms with E-state index in [1.165, 1.54) is 10.9 Å². The molecule has 0 bridgehead atoms. The number of aromatic amines is 1. The Bertz CT molecular complexity index is 1160. The quantitative estimate of drug-likeness (QED) is 0.319. The number of hydrogen-bond donors (Lipinski definition) is 4. The molecule has 4 aromatic rings. The first-order valence-electron chi connectivity index (χ1n) is 9.57. The van der Waals surface area contributed by atoms with Crippen LogP contribution < -0.4 is 16.4 Å². The van der Waals surface area contributed by atoms with Gasteiger partial charge in [0.15, 0.2) is 0 Å². The van der Waals surface area contributed by atoms with Gasteiger partial charge in [0, 0.05) is 30.2 Å². The maximum Gasteiger partial charge on any atom is 0.229 e. The van der Waals surface area contributed by atoms with E-state index in [1.54, 1.807) is 6.07 Å². The summed E-state index contributed by atoms with van der Waals surface area (Å²) in [4.78, 5) is 16.0. The molecule has 4 rings (SSSR count). The molecule has 0 aliphatic carbocycles.